The Morgan fingerprint density at radius 1 is 1.80 bits per heavy atom. The first-order valence-corrected chi connectivity index (χ1v) is 2.72. The van der Waals surface area contributed by atoms with Crippen molar-refractivity contribution in [2.24, 2.45) is 0 Å². The molecule has 1 aromatic heterocycles. The van der Waals surface area contributed by atoms with Crippen LogP contribution in [0, 0.1) is 0 Å². The maximum Gasteiger partial charge on any atom is 0.0449 e. The molecule has 0 amide bonds. The summed E-state index contributed by atoms with van der Waals surface area (Å²) in [7, 11) is 0. The van der Waals surface area contributed by atoms with Gasteiger partial charge in [0, 0.05) is 27.2 Å². The Balaban J connectivity index is 3.46. The van der Waals surface area contributed by atoms with Gasteiger partial charge >= 0.3 is 0 Å². The quantitative estimate of drug-likeness (QED) is 0.651. The number of nitrogens with zero attached hydrogens (tertiary/aromatic N) is 1. The third-order valence-electron chi connectivity index (χ3n) is 1.04. The van der Waals surface area contributed by atoms with E-state index in [-0.39, 0.29) is 11.4 Å². The molecule has 0 atom stereocenters. The highest BCUT2D eigenvalue weighted by molar-refractivity contribution is 5.37. The van der Waals surface area contributed by atoms with Gasteiger partial charge in [-0.05, 0) is 18.0 Å². The number of rotatable bonds is 1. The lowest BCUT2D eigenvalue weighted by Crippen LogP contribution is -1.93. The van der Waals surface area contributed by atoms with Crippen molar-refractivity contribution in [3.8, 4) is 0 Å². The van der Waals surface area contributed by atoms with Crippen LogP contribution in [-0.4, -0.2) is 4.98 Å². The van der Waals surface area contributed by atoms with Gasteiger partial charge in [0.25, 0.3) is 0 Å². The molecule has 1 aromatic rings. The SMILES string of the molecule is [2H]C([2H])([2H])C([2H])(c1cc(N)ccn1)C([2H])([2H])[2H]. The van der Waals surface area contributed by atoms with Crippen molar-refractivity contribution in [2.45, 2.75) is 19.6 Å². The summed E-state index contributed by atoms with van der Waals surface area (Å²) in [6.45, 7) is -6.06. The van der Waals surface area contributed by atoms with Gasteiger partial charge in [-0.25, -0.2) is 0 Å². The molecule has 0 aliphatic heterocycles. The van der Waals surface area contributed by atoms with Crippen molar-refractivity contribution >= 4 is 5.69 Å². The lowest BCUT2D eigenvalue weighted by Gasteiger charge is -2.02. The van der Waals surface area contributed by atoms with E-state index in [1.165, 1.54) is 12.3 Å². The zero-order valence-electron chi connectivity index (χ0n) is 12.3. The van der Waals surface area contributed by atoms with E-state index >= 15 is 0 Å². The zero-order chi connectivity index (χ0) is 13.5. The minimum Gasteiger partial charge on any atom is -0.399 e. The summed E-state index contributed by atoms with van der Waals surface area (Å²) in [5.41, 5.74) is 5.24. The molecule has 54 valence electrons. The van der Waals surface area contributed by atoms with E-state index in [1.54, 1.807) is 0 Å². The van der Waals surface area contributed by atoms with Gasteiger partial charge in [0.1, 0.15) is 0 Å². The van der Waals surface area contributed by atoms with Gasteiger partial charge < -0.3 is 5.73 Å². The summed E-state index contributed by atoms with van der Waals surface area (Å²) in [6, 6.07) is 2.49. The smallest absolute Gasteiger partial charge is 0.0449 e. The van der Waals surface area contributed by atoms with Crippen molar-refractivity contribution in [3.63, 3.8) is 0 Å². The summed E-state index contributed by atoms with van der Waals surface area (Å²) in [4.78, 5) is 3.66. The fourth-order valence-electron chi connectivity index (χ4n) is 0.584. The molecule has 2 nitrogen and oxygen atoms in total. The third kappa shape index (κ3) is 1.47. The van der Waals surface area contributed by atoms with Crippen LogP contribution in [-0.2, 0) is 0 Å². The number of hydrogen-bond donors (Lipinski definition) is 1. The second-order valence-electron chi connectivity index (χ2n) is 1.85. The van der Waals surface area contributed by atoms with Gasteiger partial charge in [0.15, 0.2) is 0 Å². The van der Waals surface area contributed by atoms with E-state index in [9.17, 15) is 0 Å². The summed E-state index contributed by atoms with van der Waals surface area (Å²) >= 11 is 0. The Hall–Kier alpha value is -1.05. The molecule has 1 rings (SSSR count). The van der Waals surface area contributed by atoms with Gasteiger partial charge in [-0.1, -0.05) is 13.7 Å². The van der Waals surface area contributed by atoms with Crippen LogP contribution in [0.5, 0.6) is 0 Å². The van der Waals surface area contributed by atoms with E-state index in [2.05, 4.69) is 4.98 Å². The van der Waals surface area contributed by atoms with Crippen LogP contribution in [0.1, 0.15) is 34.9 Å². The molecule has 0 fully saturated rings. The monoisotopic (exact) mass is 143 g/mol. The average molecular weight is 143 g/mol. The number of pyridine rings is 1. The van der Waals surface area contributed by atoms with Crippen LogP contribution >= 0.6 is 0 Å². The van der Waals surface area contributed by atoms with Gasteiger partial charge in [0.05, 0.1) is 0 Å². The molecule has 0 aromatic carbocycles. The average Bonchev–Trinajstić information content (AvgIpc) is 2.12. The van der Waals surface area contributed by atoms with E-state index in [4.69, 9.17) is 15.3 Å². The molecule has 0 aliphatic carbocycles. The normalized spacial score (nSPS) is 24.2. The molecule has 0 bridgehead atoms. The van der Waals surface area contributed by atoms with E-state index < -0.39 is 19.6 Å². The Morgan fingerprint density at radius 3 is 3.20 bits per heavy atom. The first kappa shape index (κ1) is 2.22. The van der Waals surface area contributed by atoms with E-state index in [1.807, 2.05) is 0 Å². The third-order valence-corrected chi connectivity index (χ3v) is 1.04. The minimum absolute atomic E-state index is 0.167. The maximum atomic E-state index is 7.82. The topological polar surface area (TPSA) is 38.9 Å². The molecular weight excluding hydrogens is 124 g/mol. The Morgan fingerprint density at radius 2 is 2.60 bits per heavy atom. The van der Waals surface area contributed by atoms with Gasteiger partial charge in [-0.15, -0.1) is 0 Å². The van der Waals surface area contributed by atoms with E-state index in [0.29, 0.717) is 0 Å². The molecular formula is C8H12N2. The largest absolute Gasteiger partial charge is 0.399 e. The van der Waals surface area contributed by atoms with Crippen LogP contribution in [0.25, 0.3) is 0 Å². The molecule has 2 N–H and O–H groups in total. The predicted octanol–water partition coefficient (Wildman–Crippen LogP) is 1.79. The van der Waals surface area contributed by atoms with Crippen LogP contribution in [0.15, 0.2) is 18.3 Å². The standard InChI is InChI=1S/C8H12N2/c1-6(2)8-5-7(9)3-4-10-8/h3-6H,1-2H3,(H2,9,10)/i1D3,2D3,6D. The second-order valence-corrected chi connectivity index (χ2v) is 1.85. The highest BCUT2D eigenvalue weighted by Crippen LogP contribution is 2.12. The molecule has 10 heavy (non-hydrogen) atoms. The highest BCUT2D eigenvalue weighted by atomic mass is 14.7. The first-order valence-electron chi connectivity index (χ1n) is 6.22. The number of anilines is 1. The van der Waals surface area contributed by atoms with Crippen molar-refractivity contribution in [1.82, 2.24) is 4.98 Å². The number of hydrogen-bond acceptors (Lipinski definition) is 2. The summed E-state index contributed by atoms with van der Waals surface area (Å²) in [5, 5.41) is 0. The molecule has 0 unspecified atom stereocenters. The molecule has 0 radical (unpaired) electrons. The fraction of sp³-hybridized carbons (Fsp3) is 0.375. The molecule has 2 heteroatoms. The lowest BCUT2D eigenvalue weighted by atomic mass is 10.1. The summed E-state index contributed by atoms with van der Waals surface area (Å²) < 4.78 is 51.3. The molecule has 0 aliphatic rings. The van der Waals surface area contributed by atoms with Crippen LogP contribution in [0.3, 0.4) is 0 Å². The number of aromatic nitrogens is 1. The fourth-order valence-corrected chi connectivity index (χ4v) is 0.584. The molecule has 1 heterocycles. The van der Waals surface area contributed by atoms with E-state index in [0.717, 1.165) is 6.07 Å². The van der Waals surface area contributed by atoms with Crippen molar-refractivity contribution < 1.29 is 9.60 Å². The van der Waals surface area contributed by atoms with Gasteiger partial charge in [-0.3, -0.25) is 4.98 Å². The Kier molecular flexibility index (Phi) is 0.598. The van der Waals surface area contributed by atoms with Gasteiger partial charge in [0.2, 0.25) is 0 Å². The second kappa shape index (κ2) is 2.69. The van der Waals surface area contributed by atoms with Crippen LogP contribution in [0.4, 0.5) is 5.69 Å². The first-order chi connectivity index (χ1) is 7.50. The summed E-state index contributed by atoms with van der Waals surface area (Å²) in [5.74, 6) is -2.78. The maximum absolute atomic E-state index is 7.82. The molecule has 0 saturated carbocycles. The van der Waals surface area contributed by atoms with Crippen molar-refractivity contribution in [1.29, 1.82) is 0 Å². The Labute approximate surface area is 70.9 Å². The minimum atomic E-state index is -3.03. The summed E-state index contributed by atoms with van der Waals surface area (Å²) in [6.07, 6.45) is 1.19. The molecule has 0 spiro atoms. The van der Waals surface area contributed by atoms with Crippen LogP contribution < -0.4 is 5.73 Å². The highest BCUT2D eigenvalue weighted by Gasteiger charge is 1.98. The Bertz CT molecular complexity index is 395. The van der Waals surface area contributed by atoms with Crippen molar-refractivity contribution in [2.75, 3.05) is 5.73 Å². The lowest BCUT2D eigenvalue weighted by molar-refractivity contribution is 0.824. The van der Waals surface area contributed by atoms with Crippen molar-refractivity contribution in [3.05, 3.63) is 24.0 Å². The molecule has 0 saturated heterocycles. The zero-order valence-corrected chi connectivity index (χ0v) is 5.26. The number of nitrogen functional groups attached to an aromatic ring is 1. The van der Waals surface area contributed by atoms with Crippen LogP contribution in [0.2, 0.25) is 0 Å². The van der Waals surface area contributed by atoms with Gasteiger partial charge in [-0.2, -0.15) is 0 Å². The predicted molar refractivity (Wildman–Crippen MR) is 42.7 cm³/mol. The number of nitrogens with two attached hydrogens (primary N) is 1.